The molecule has 0 unspecified atom stereocenters. The predicted octanol–water partition coefficient (Wildman–Crippen LogP) is 3.59. The molecule has 0 amide bonds. The molecule has 0 atom stereocenters. The molecule has 0 saturated carbocycles. The van der Waals surface area contributed by atoms with Crippen LogP contribution < -0.4 is 0 Å². The number of rotatable bonds is 3. The Morgan fingerprint density at radius 2 is 1.70 bits per heavy atom. The molecule has 0 aliphatic carbocycles. The van der Waals surface area contributed by atoms with E-state index in [9.17, 15) is 12.8 Å². The topological polar surface area (TPSA) is 62.8 Å². The van der Waals surface area contributed by atoms with Crippen LogP contribution in [0, 0.1) is 12.7 Å². The maximum Gasteiger partial charge on any atom is 0.175 e. The largest absolute Gasteiger partial charge is 0.282 e. The van der Waals surface area contributed by atoms with Crippen LogP contribution in [-0.4, -0.2) is 24.9 Å². The molecular weight excluding hydrogens is 315 g/mol. The molecule has 0 saturated heterocycles. The first-order valence-corrected chi connectivity index (χ1v) is 8.87. The van der Waals surface area contributed by atoms with Gasteiger partial charge in [0.15, 0.2) is 9.84 Å². The smallest absolute Gasteiger partial charge is 0.175 e. The van der Waals surface area contributed by atoms with Gasteiger partial charge in [-0.3, -0.25) is 5.10 Å². The van der Waals surface area contributed by atoms with Crippen molar-refractivity contribution in [3.05, 3.63) is 60.0 Å². The van der Waals surface area contributed by atoms with Gasteiger partial charge in [0.05, 0.1) is 4.90 Å². The highest BCUT2D eigenvalue weighted by Gasteiger charge is 2.17. The summed E-state index contributed by atoms with van der Waals surface area (Å²) in [7, 11) is -3.25. The number of H-pyrrole nitrogens is 1. The fourth-order valence-corrected chi connectivity index (χ4v) is 3.12. The van der Waals surface area contributed by atoms with Crippen LogP contribution in [0.2, 0.25) is 0 Å². The first-order chi connectivity index (χ1) is 10.9. The second kappa shape index (κ2) is 5.62. The Morgan fingerprint density at radius 3 is 2.30 bits per heavy atom. The number of aryl methyl sites for hydroxylation is 1. The number of nitrogens with zero attached hydrogens (tertiary/aromatic N) is 1. The lowest BCUT2D eigenvalue weighted by atomic mass is 9.99. The van der Waals surface area contributed by atoms with E-state index in [4.69, 9.17) is 0 Å². The summed E-state index contributed by atoms with van der Waals surface area (Å²) < 4.78 is 37.2. The van der Waals surface area contributed by atoms with Crippen molar-refractivity contribution in [3.63, 3.8) is 0 Å². The van der Waals surface area contributed by atoms with E-state index in [0.29, 0.717) is 16.8 Å². The highest BCUT2D eigenvalue weighted by molar-refractivity contribution is 7.90. The van der Waals surface area contributed by atoms with Gasteiger partial charge in [-0.05, 0) is 25.1 Å². The molecule has 0 aliphatic rings. The predicted molar refractivity (Wildman–Crippen MR) is 87.3 cm³/mol. The van der Waals surface area contributed by atoms with Crippen molar-refractivity contribution in [2.45, 2.75) is 11.8 Å². The van der Waals surface area contributed by atoms with Crippen molar-refractivity contribution in [1.82, 2.24) is 10.2 Å². The van der Waals surface area contributed by atoms with Gasteiger partial charge in [-0.2, -0.15) is 5.10 Å². The van der Waals surface area contributed by atoms with Gasteiger partial charge < -0.3 is 0 Å². The first-order valence-electron chi connectivity index (χ1n) is 6.98. The Bertz CT molecular complexity index is 961. The Kier molecular flexibility index (Phi) is 3.77. The zero-order valence-electron chi connectivity index (χ0n) is 12.7. The quantitative estimate of drug-likeness (QED) is 0.798. The third-order valence-corrected chi connectivity index (χ3v) is 4.77. The molecule has 0 radical (unpaired) electrons. The molecule has 6 heteroatoms. The number of hydrogen-bond acceptors (Lipinski definition) is 3. The van der Waals surface area contributed by atoms with Gasteiger partial charge in [0, 0.05) is 28.6 Å². The molecule has 4 nitrogen and oxygen atoms in total. The molecule has 3 aromatic rings. The molecule has 3 rings (SSSR count). The summed E-state index contributed by atoms with van der Waals surface area (Å²) in [5.74, 6) is -0.328. The number of nitrogens with one attached hydrogen (secondary N) is 1. The maximum absolute atomic E-state index is 14.1. The van der Waals surface area contributed by atoms with Crippen molar-refractivity contribution in [1.29, 1.82) is 0 Å². The minimum absolute atomic E-state index is 0.237. The van der Waals surface area contributed by atoms with Gasteiger partial charge in [-0.15, -0.1) is 0 Å². The fraction of sp³-hybridized carbons (Fsp3) is 0.118. The molecule has 0 spiro atoms. The molecule has 2 aromatic carbocycles. The van der Waals surface area contributed by atoms with E-state index >= 15 is 0 Å². The lowest BCUT2D eigenvalue weighted by molar-refractivity contribution is 0.602. The highest BCUT2D eigenvalue weighted by Crippen LogP contribution is 2.34. The lowest BCUT2D eigenvalue weighted by Crippen LogP contribution is -1.96. The average Bonchev–Trinajstić information content (AvgIpc) is 2.89. The lowest BCUT2D eigenvalue weighted by Gasteiger charge is -2.06. The van der Waals surface area contributed by atoms with E-state index in [0.717, 1.165) is 17.5 Å². The number of benzene rings is 2. The SMILES string of the molecule is Cc1[nH]nc(-c2ccc(S(C)(=O)=O)cc2)c1-c1ccccc1F. The van der Waals surface area contributed by atoms with Gasteiger partial charge in [-0.1, -0.05) is 30.3 Å². The van der Waals surface area contributed by atoms with Crippen LogP contribution >= 0.6 is 0 Å². The van der Waals surface area contributed by atoms with Gasteiger partial charge in [-0.25, -0.2) is 12.8 Å². The van der Waals surface area contributed by atoms with Crippen molar-refractivity contribution in [2.24, 2.45) is 0 Å². The molecule has 1 aromatic heterocycles. The number of hydrogen-bond donors (Lipinski definition) is 1. The van der Waals surface area contributed by atoms with Crippen molar-refractivity contribution in [2.75, 3.05) is 6.26 Å². The standard InChI is InChI=1S/C17H15FN2O2S/c1-11-16(14-5-3-4-6-15(14)18)17(20-19-11)12-7-9-13(10-8-12)23(2,21)22/h3-10H,1-2H3,(H,19,20). The zero-order chi connectivity index (χ0) is 16.6. The van der Waals surface area contributed by atoms with Crippen molar-refractivity contribution in [3.8, 4) is 22.4 Å². The summed E-state index contributed by atoms with van der Waals surface area (Å²) in [4.78, 5) is 0.237. The normalized spacial score (nSPS) is 11.6. The van der Waals surface area contributed by atoms with Gasteiger partial charge in [0.1, 0.15) is 11.5 Å². The second-order valence-corrected chi connectivity index (χ2v) is 7.36. The summed E-state index contributed by atoms with van der Waals surface area (Å²) in [5, 5.41) is 7.13. The van der Waals surface area contributed by atoms with E-state index in [1.54, 1.807) is 30.3 Å². The molecule has 118 valence electrons. The van der Waals surface area contributed by atoms with Gasteiger partial charge in [0.2, 0.25) is 0 Å². The monoisotopic (exact) mass is 330 g/mol. The van der Waals surface area contributed by atoms with Crippen LogP contribution in [0.5, 0.6) is 0 Å². The second-order valence-electron chi connectivity index (χ2n) is 5.35. The van der Waals surface area contributed by atoms with Gasteiger partial charge in [0.25, 0.3) is 0 Å². The summed E-state index contributed by atoms with van der Waals surface area (Å²) in [6.07, 6.45) is 1.16. The van der Waals surface area contributed by atoms with Crippen LogP contribution in [0.4, 0.5) is 4.39 Å². The minimum Gasteiger partial charge on any atom is -0.282 e. The fourth-order valence-electron chi connectivity index (χ4n) is 2.49. The molecule has 0 fully saturated rings. The summed E-state index contributed by atoms with van der Waals surface area (Å²) in [6.45, 7) is 1.82. The third-order valence-electron chi connectivity index (χ3n) is 3.65. The zero-order valence-corrected chi connectivity index (χ0v) is 13.5. The van der Waals surface area contributed by atoms with Crippen molar-refractivity contribution >= 4 is 9.84 Å². The summed E-state index contributed by atoms with van der Waals surface area (Å²) in [5.41, 5.74) is 3.20. The molecular formula is C17H15FN2O2S. The summed E-state index contributed by atoms with van der Waals surface area (Å²) >= 11 is 0. The maximum atomic E-state index is 14.1. The number of sulfone groups is 1. The summed E-state index contributed by atoms with van der Waals surface area (Å²) in [6, 6.07) is 12.9. The minimum atomic E-state index is -3.25. The Hall–Kier alpha value is -2.47. The molecule has 1 heterocycles. The molecule has 0 bridgehead atoms. The Balaban J connectivity index is 2.14. The van der Waals surface area contributed by atoms with E-state index in [-0.39, 0.29) is 10.7 Å². The number of aromatic nitrogens is 2. The average molecular weight is 330 g/mol. The van der Waals surface area contributed by atoms with E-state index in [1.165, 1.54) is 18.2 Å². The molecule has 0 aliphatic heterocycles. The third kappa shape index (κ3) is 2.90. The molecule has 23 heavy (non-hydrogen) atoms. The van der Waals surface area contributed by atoms with Crippen LogP contribution in [0.25, 0.3) is 22.4 Å². The van der Waals surface area contributed by atoms with E-state index in [1.807, 2.05) is 6.92 Å². The van der Waals surface area contributed by atoms with E-state index < -0.39 is 9.84 Å². The van der Waals surface area contributed by atoms with Gasteiger partial charge >= 0.3 is 0 Å². The Labute approximate surface area is 133 Å². The number of aromatic amines is 1. The molecule has 1 N–H and O–H groups in total. The van der Waals surface area contributed by atoms with Crippen LogP contribution in [-0.2, 0) is 9.84 Å². The Morgan fingerprint density at radius 1 is 1.04 bits per heavy atom. The first kappa shape index (κ1) is 15.4. The van der Waals surface area contributed by atoms with Crippen LogP contribution in [0.3, 0.4) is 0 Å². The number of halogens is 1. The van der Waals surface area contributed by atoms with E-state index in [2.05, 4.69) is 10.2 Å². The van der Waals surface area contributed by atoms with Crippen molar-refractivity contribution < 1.29 is 12.8 Å². The highest BCUT2D eigenvalue weighted by atomic mass is 32.2. The van der Waals surface area contributed by atoms with Crippen LogP contribution in [0.15, 0.2) is 53.4 Å². The van der Waals surface area contributed by atoms with Crippen LogP contribution in [0.1, 0.15) is 5.69 Å².